The Morgan fingerprint density at radius 3 is 3.00 bits per heavy atom. The Balaban J connectivity index is 1.38. The molecule has 2 aromatic rings. The third-order valence-corrected chi connectivity index (χ3v) is 4.90. The SMILES string of the molecule is C[C@H]1C[C@H]1c1ccc(CN[C@H]2CCO[C@@H]2c2nccn2C)o1. The van der Waals surface area contributed by atoms with E-state index in [1.165, 1.54) is 6.42 Å². The van der Waals surface area contributed by atoms with Gasteiger partial charge in [-0.15, -0.1) is 0 Å². The van der Waals surface area contributed by atoms with Crippen LogP contribution in [0.15, 0.2) is 28.9 Å². The first kappa shape index (κ1) is 14.0. The van der Waals surface area contributed by atoms with Crippen LogP contribution in [0.1, 0.15) is 49.1 Å². The highest BCUT2D eigenvalue weighted by molar-refractivity contribution is 5.17. The average Bonchev–Trinajstić information content (AvgIpc) is 2.97. The highest BCUT2D eigenvalue weighted by atomic mass is 16.5. The van der Waals surface area contributed by atoms with Crippen molar-refractivity contribution in [1.29, 1.82) is 0 Å². The molecule has 1 aliphatic heterocycles. The van der Waals surface area contributed by atoms with E-state index in [0.29, 0.717) is 5.92 Å². The number of nitrogens with zero attached hydrogens (tertiary/aromatic N) is 2. The molecule has 0 bridgehead atoms. The maximum Gasteiger partial charge on any atom is 0.139 e. The van der Waals surface area contributed by atoms with Gasteiger partial charge in [0.1, 0.15) is 23.4 Å². The first-order valence-corrected chi connectivity index (χ1v) is 8.13. The van der Waals surface area contributed by atoms with Gasteiger partial charge in [-0.05, 0) is 30.9 Å². The molecule has 1 saturated carbocycles. The fourth-order valence-electron chi connectivity index (χ4n) is 3.34. The monoisotopic (exact) mass is 301 g/mol. The van der Waals surface area contributed by atoms with E-state index in [4.69, 9.17) is 9.15 Å². The third-order valence-electron chi connectivity index (χ3n) is 4.90. The van der Waals surface area contributed by atoms with E-state index in [9.17, 15) is 0 Å². The lowest BCUT2D eigenvalue weighted by Gasteiger charge is -2.19. The summed E-state index contributed by atoms with van der Waals surface area (Å²) < 4.78 is 13.9. The summed E-state index contributed by atoms with van der Waals surface area (Å²) in [5, 5.41) is 3.58. The minimum Gasteiger partial charge on any atom is -0.464 e. The number of ether oxygens (including phenoxy) is 1. The third kappa shape index (κ3) is 2.59. The molecule has 0 aromatic carbocycles. The number of imidazole rings is 1. The van der Waals surface area contributed by atoms with Gasteiger partial charge in [-0.1, -0.05) is 6.92 Å². The molecule has 22 heavy (non-hydrogen) atoms. The van der Waals surface area contributed by atoms with Gasteiger partial charge >= 0.3 is 0 Å². The molecule has 0 radical (unpaired) electrons. The normalized spacial score (nSPS) is 30.8. The Labute approximate surface area is 130 Å². The van der Waals surface area contributed by atoms with Gasteiger partial charge in [0, 0.05) is 38.0 Å². The van der Waals surface area contributed by atoms with Crippen molar-refractivity contribution in [3.63, 3.8) is 0 Å². The van der Waals surface area contributed by atoms with Gasteiger partial charge < -0.3 is 19.0 Å². The molecule has 118 valence electrons. The summed E-state index contributed by atoms with van der Waals surface area (Å²) in [6.45, 7) is 3.80. The molecule has 4 rings (SSSR count). The van der Waals surface area contributed by atoms with Crippen molar-refractivity contribution in [2.45, 2.75) is 44.4 Å². The van der Waals surface area contributed by atoms with Crippen molar-refractivity contribution in [3.8, 4) is 0 Å². The molecule has 0 unspecified atom stereocenters. The fraction of sp³-hybridized carbons (Fsp3) is 0.588. The van der Waals surface area contributed by atoms with Crippen molar-refractivity contribution < 1.29 is 9.15 Å². The van der Waals surface area contributed by atoms with E-state index in [-0.39, 0.29) is 12.1 Å². The molecule has 1 aliphatic carbocycles. The smallest absolute Gasteiger partial charge is 0.139 e. The molecule has 1 N–H and O–H groups in total. The lowest BCUT2D eigenvalue weighted by Crippen LogP contribution is -2.32. The maximum atomic E-state index is 5.96. The summed E-state index contributed by atoms with van der Waals surface area (Å²) in [4.78, 5) is 4.42. The van der Waals surface area contributed by atoms with Gasteiger partial charge in [-0.2, -0.15) is 0 Å². The van der Waals surface area contributed by atoms with Crippen LogP contribution < -0.4 is 5.32 Å². The zero-order chi connectivity index (χ0) is 15.1. The van der Waals surface area contributed by atoms with E-state index in [1.807, 2.05) is 24.0 Å². The molecule has 1 saturated heterocycles. The number of hydrogen-bond acceptors (Lipinski definition) is 4. The molecule has 0 spiro atoms. The van der Waals surface area contributed by atoms with Crippen LogP contribution in [0.4, 0.5) is 0 Å². The van der Waals surface area contributed by atoms with E-state index in [2.05, 4.69) is 29.4 Å². The zero-order valence-corrected chi connectivity index (χ0v) is 13.2. The van der Waals surface area contributed by atoms with Gasteiger partial charge in [0.25, 0.3) is 0 Å². The Morgan fingerprint density at radius 1 is 1.41 bits per heavy atom. The van der Waals surface area contributed by atoms with Crippen LogP contribution >= 0.6 is 0 Å². The molecule has 4 atom stereocenters. The number of rotatable bonds is 5. The topological polar surface area (TPSA) is 52.2 Å². The highest BCUT2D eigenvalue weighted by Gasteiger charge is 2.37. The van der Waals surface area contributed by atoms with Crippen molar-refractivity contribution in [2.75, 3.05) is 6.61 Å². The summed E-state index contributed by atoms with van der Waals surface area (Å²) in [7, 11) is 2.01. The second-order valence-electron chi connectivity index (χ2n) is 6.59. The molecule has 5 nitrogen and oxygen atoms in total. The summed E-state index contributed by atoms with van der Waals surface area (Å²) in [6, 6.07) is 4.51. The van der Waals surface area contributed by atoms with E-state index < -0.39 is 0 Å². The van der Waals surface area contributed by atoms with Crippen LogP contribution in [0.2, 0.25) is 0 Å². The molecule has 3 heterocycles. The van der Waals surface area contributed by atoms with Crippen LogP contribution in [0.25, 0.3) is 0 Å². The lowest BCUT2D eigenvalue weighted by molar-refractivity contribution is 0.0889. The molecule has 2 aromatic heterocycles. The quantitative estimate of drug-likeness (QED) is 0.922. The van der Waals surface area contributed by atoms with Gasteiger partial charge in [-0.25, -0.2) is 4.98 Å². The lowest BCUT2D eigenvalue weighted by atomic mass is 10.1. The molecule has 0 amide bonds. The first-order chi connectivity index (χ1) is 10.7. The molecular formula is C17H23N3O2. The van der Waals surface area contributed by atoms with E-state index in [0.717, 1.165) is 42.8 Å². The van der Waals surface area contributed by atoms with Gasteiger partial charge in [0.15, 0.2) is 0 Å². The number of aromatic nitrogens is 2. The van der Waals surface area contributed by atoms with Crippen LogP contribution in [-0.2, 0) is 18.3 Å². The predicted molar refractivity (Wildman–Crippen MR) is 82.4 cm³/mol. The van der Waals surface area contributed by atoms with Crippen molar-refractivity contribution in [1.82, 2.24) is 14.9 Å². The van der Waals surface area contributed by atoms with Gasteiger partial charge in [0.2, 0.25) is 0 Å². The van der Waals surface area contributed by atoms with Gasteiger partial charge in [-0.3, -0.25) is 0 Å². The zero-order valence-electron chi connectivity index (χ0n) is 13.2. The van der Waals surface area contributed by atoms with Gasteiger partial charge in [0.05, 0.1) is 6.54 Å². The molecular weight excluding hydrogens is 278 g/mol. The summed E-state index contributed by atoms with van der Waals surface area (Å²) in [6.07, 6.45) is 6.08. The number of hydrogen-bond donors (Lipinski definition) is 1. The molecule has 5 heteroatoms. The number of aryl methyl sites for hydroxylation is 1. The van der Waals surface area contributed by atoms with Crippen molar-refractivity contribution in [3.05, 3.63) is 41.9 Å². The molecule has 2 aliphatic rings. The van der Waals surface area contributed by atoms with Crippen molar-refractivity contribution >= 4 is 0 Å². The predicted octanol–water partition coefficient (Wildman–Crippen LogP) is 2.76. The minimum atomic E-state index is 0.0258. The fourth-order valence-corrected chi connectivity index (χ4v) is 3.34. The second kappa shape index (κ2) is 5.56. The summed E-state index contributed by atoms with van der Waals surface area (Å²) in [5.41, 5.74) is 0. The Morgan fingerprint density at radius 2 is 2.27 bits per heavy atom. The van der Waals surface area contributed by atoms with E-state index >= 15 is 0 Å². The average molecular weight is 301 g/mol. The largest absolute Gasteiger partial charge is 0.464 e. The standard InChI is InChI=1S/C17H23N3O2/c1-11-9-13(11)15-4-3-12(22-15)10-19-14-5-8-21-16(14)17-18-6-7-20(17)2/h3-4,6-7,11,13-14,16,19H,5,8-10H2,1-2H3/t11-,13+,14-,16-/m0/s1. The Kier molecular flexibility index (Phi) is 3.54. The maximum absolute atomic E-state index is 5.96. The van der Waals surface area contributed by atoms with Crippen LogP contribution in [-0.4, -0.2) is 22.2 Å². The van der Waals surface area contributed by atoms with E-state index in [1.54, 1.807) is 0 Å². The molecule has 2 fully saturated rings. The first-order valence-electron chi connectivity index (χ1n) is 8.13. The van der Waals surface area contributed by atoms with Crippen molar-refractivity contribution in [2.24, 2.45) is 13.0 Å². The number of furan rings is 1. The summed E-state index contributed by atoms with van der Waals surface area (Å²) in [5.74, 6) is 4.57. The number of nitrogens with one attached hydrogen (secondary N) is 1. The summed E-state index contributed by atoms with van der Waals surface area (Å²) >= 11 is 0. The minimum absolute atomic E-state index is 0.0258. The Bertz CT molecular complexity index is 648. The Hall–Kier alpha value is -1.59. The van der Waals surface area contributed by atoms with Crippen LogP contribution in [0.5, 0.6) is 0 Å². The highest BCUT2D eigenvalue weighted by Crippen LogP contribution is 2.47. The van der Waals surface area contributed by atoms with Crippen LogP contribution in [0.3, 0.4) is 0 Å². The van der Waals surface area contributed by atoms with Crippen LogP contribution in [0, 0.1) is 5.92 Å². The second-order valence-corrected chi connectivity index (χ2v) is 6.59.